The van der Waals surface area contributed by atoms with Crippen LogP contribution in [0.4, 0.5) is 16.3 Å². The van der Waals surface area contributed by atoms with E-state index < -0.39 is 16.1 Å². The molecule has 4 N–H and O–H groups in total. The van der Waals surface area contributed by atoms with Crippen molar-refractivity contribution in [3.63, 3.8) is 0 Å². The highest BCUT2D eigenvalue weighted by atomic mass is 32.2. The summed E-state index contributed by atoms with van der Waals surface area (Å²) in [5, 5.41) is 10.0. The van der Waals surface area contributed by atoms with Crippen molar-refractivity contribution in [1.82, 2.24) is 9.55 Å². The minimum absolute atomic E-state index is 0.0758. The lowest BCUT2D eigenvalue weighted by Gasteiger charge is -2.06. The van der Waals surface area contributed by atoms with E-state index in [4.69, 9.17) is 5.14 Å². The molecule has 2 rings (SSSR count). The van der Waals surface area contributed by atoms with E-state index >= 15 is 0 Å². The molecule has 0 aliphatic heterocycles. The first-order valence-corrected chi connectivity index (χ1v) is 7.08. The molecule has 1 aromatic carbocycles. The van der Waals surface area contributed by atoms with Crippen molar-refractivity contribution >= 4 is 27.6 Å². The van der Waals surface area contributed by atoms with E-state index in [0.717, 1.165) is 0 Å². The van der Waals surface area contributed by atoms with Gasteiger partial charge in [-0.15, -0.1) is 0 Å². The van der Waals surface area contributed by atoms with Crippen LogP contribution < -0.4 is 15.8 Å². The predicted octanol–water partition coefficient (Wildman–Crippen LogP) is 0.712. The van der Waals surface area contributed by atoms with Gasteiger partial charge >= 0.3 is 6.03 Å². The fourth-order valence-corrected chi connectivity index (χ4v) is 2.07. The maximum atomic E-state index is 11.7. The molecule has 1 heterocycles. The third kappa shape index (κ3) is 3.56. The number of nitrogens with one attached hydrogen (secondary N) is 2. The molecule has 0 aliphatic carbocycles. The van der Waals surface area contributed by atoms with Gasteiger partial charge in [-0.25, -0.2) is 23.3 Å². The van der Waals surface area contributed by atoms with Crippen molar-refractivity contribution in [2.45, 2.75) is 4.90 Å². The molecule has 0 saturated heterocycles. The van der Waals surface area contributed by atoms with E-state index in [2.05, 4.69) is 15.6 Å². The van der Waals surface area contributed by atoms with Crippen LogP contribution in [0.2, 0.25) is 0 Å². The summed E-state index contributed by atoms with van der Waals surface area (Å²) >= 11 is 0. The average molecular weight is 295 g/mol. The molecule has 106 valence electrons. The Balaban J connectivity index is 2.08. The topological polar surface area (TPSA) is 119 Å². The van der Waals surface area contributed by atoms with E-state index in [1.165, 1.54) is 24.5 Å². The number of aromatic nitrogens is 2. The summed E-state index contributed by atoms with van der Waals surface area (Å²) in [5.41, 5.74) is 0.310. The fraction of sp³-hybridized carbons (Fsp3) is 0.0909. The third-order valence-corrected chi connectivity index (χ3v) is 3.28. The highest BCUT2D eigenvalue weighted by Gasteiger charge is 2.10. The lowest BCUT2D eigenvalue weighted by molar-refractivity contribution is 0.262. The minimum atomic E-state index is -3.80. The van der Waals surface area contributed by atoms with Crippen molar-refractivity contribution < 1.29 is 13.2 Å². The summed E-state index contributed by atoms with van der Waals surface area (Å²) in [6, 6.07) is 5.11. The van der Waals surface area contributed by atoms with Gasteiger partial charge in [-0.05, 0) is 18.2 Å². The predicted molar refractivity (Wildman–Crippen MR) is 73.7 cm³/mol. The molecular weight excluding hydrogens is 282 g/mol. The Labute approximate surface area is 115 Å². The van der Waals surface area contributed by atoms with Crippen molar-refractivity contribution in [2.75, 3.05) is 10.6 Å². The molecule has 0 fully saturated rings. The number of urea groups is 1. The number of imidazole rings is 1. The molecule has 0 atom stereocenters. The summed E-state index contributed by atoms with van der Waals surface area (Å²) in [4.78, 5) is 15.6. The normalized spacial score (nSPS) is 11.1. The first-order valence-electron chi connectivity index (χ1n) is 5.53. The Kier molecular flexibility index (Phi) is 3.72. The summed E-state index contributed by atoms with van der Waals surface area (Å²) in [6.45, 7) is 0. The highest BCUT2D eigenvalue weighted by molar-refractivity contribution is 7.89. The van der Waals surface area contributed by atoms with Gasteiger partial charge in [0.15, 0.2) is 5.82 Å². The zero-order valence-corrected chi connectivity index (χ0v) is 11.4. The van der Waals surface area contributed by atoms with Crippen molar-refractivity contribution in [3.8, 4) is 0 Å². The molecule has 0 radical (unpaired) electrons. The van der Waals surface area contributed by atoms with Crippen LogP contribution in [0.1, 0.15) is 0 Å². The molecule has 0 saturated carbocycles. The molecule has 20 heavy (non-hydrogen) atoms. The van der Waals surface area contributed by atoms with Crippen LogP contribution >= 0.6 is 0 Å². The van der Waals surface area contributed by atoms with Gasteiger partial charge in [-0.2, -0.15) is 0 Å². The van der Waals surface area contributed by atoms with Crippen LogP contribution in [0.25, 0.3) is 0 Å². The zero-order chi connectivity index (χ0) is 14.8. The number of benzene rings is 1. The number of nitrogens with zero attached hydrogens (tertiary/aromatic N) is 2. The number of hydrogen-bond acceptors (Lipinski definition) is 4. The van der Waals surface area contributed by atoms with Crippen molar-refractivity contribution in [1.29, 1.82) is 0 Å². The van der Waals surface area contributed by atoms with Gasteiger partial charge in [-0.1, -0.05) is 6.07 Å². The SMILES string of the molecule is Cn1cnc(NC(=O)Nc2cccc(S(N)(=O)=O)c2)c1. The van der Waals surface area contributed by atoms with Crippen LogP contribution in [0.3, 0.4) is 0 Å². The van der Waals surface area contributed by atoms with Gasteiger partial charge < -0.3 is 9.88 Å². The lowest BCUT2D eigenvalue weighted by Crippen LogP contribution is -2.20. The van der Waals surface area contributed by atoms with Gasteiger partial charge in [0.2, 0.25) is 10.0 Å². The molecule has 9 heteroatoms. The van der Waals surface area contributed by atoms with Crippen LogP contribution in [-0.2, 0) is 17.1 Å². The fourth-order valence-electron chi connectivity index (χ4n) is 1.51. The molecule has 0 aliphatic rings. The highest BCUT2D eigenvalue weighted by Crippen LogP contribution is 2.14. The number of amides is 2. The number of carbonyl (C=O) groups excluding carboxylic acids is 1. The number of carbonyl (C=O) groups is 1. The van der Waals surface area contributed by atoms with Gasteiger partial charge in [-0.3, -0.25) is 5.32 Å². The monoisotopic (exact) mass is 295 g/mol. The number of hydrogen-bond donors (Lipinski definition) is 3. The molecule has 2 aromatic rings. The Bertz CT molecular complexity index is 738. The molecule has 0 unspecified atom stereocenters. The smallest absolute Gasteiger partial charge is 0.324 e. The molecule has 0 spiro atoms. The van der Waals surface area contributed by atoms with Crippen LogP contribution in [0.5, 0.6) is 0 Å². The summed E-state index contributed by atoms with van der Waals surface area (Å²) in [7, 11) is -2.03. The first-order chi connectivity index (χ1) is 9.34. The maximum absolute atomic E-state index is 11.7. The van der Waals surface area contributed by atoms with Gasteiger partial charge in [0.25, 0.3) is 0 Å². The molecule has 2 amide bonds. The number of primary sulfonamides is 1. The van der Waals surface area contributed by atoms with Crippen LogP contribution in [-0.4, -0.2) is 24.0 Å². The minimum Gasteiger partial charge on any atom is -0.338 e. The Morgan fingerprint density at radius 3 is 2.70 bits per heavy atom. The molecule has 0 bridgehead atoms. The molecular formula is C11H13N5O3S. The Hall–Kier alpha value is -2.39. The van der Waals surface area contributed by atoms with E-state index in [9.17, 15) is 13.2 Å². The second-order valence-electron chi connectivity index (χ2n) is 4.08. The Morgan fingerprint density at radius 1 is 1.35 bits per heavy atom. The van der Waals surface area contributed by atoms with Gasteiger partial charge in [0.1, 0.15) is 0 Å². The van der Waals surface area contributed by atoms with Crippen LogP contribution in [0, 0.1) is 0 Å². The zero-order valence-electron chi connectivity index (χ0n) is 10.6. The number of sulfonamides is 1. The van der Waals surface area contributed by atoms with E-state index in [1.54, 1.807) is 23.9 Å². The number of aryl methyl sites for hydroxylation is 1. The van der Waals surface area contributed by atoms with Gasteiger partial charge in [0.05, 0.1) is 11.2 Å². The first kappa shape index (κ1) is 14.0. The standard InChI is InChI=1S/C11H13N5O3S/c1-16-6-10(13-7-16)15-11(17)14-8-3-2-4-9(5-8)20(12,18)19/h2-7H,1H3,(H2,12,18,19)(H2,14,15,17). The van der Waals surface area contributed by atoms with Crippen molar-refractivity contribution in [3.05, 3.63) is 36.8 Å². The van der Waals surface area contributed by atoms with E-state index in [-0.39, 0.29) is 4.90 Å². The quantitative estimate of drug-likeness (QED) is 0.772. The van der Waals surface area contributed by atoms with E-state index in [1.807, 2.05) is 0 Å². The lowest BCUT2D eigenvalue weighted by atomic mass is 10.3. The Morgan fingerprint density at radius 2 is 2.10 bits per heavy atom. The average Bonchev–Trinajstić information content (AvgIpc) is 2.73. The third-order valence-electron chi connectivity index (χ3n) is 2.37. The van der Waals surface area contributed by atoms with E-state index in [0.29, 0.717) is 11.5 Å². The van der Waals surface area contributed by atoms with Crippen molar-refractivity contribution in [2.24, 2.45) is 12.2 Å². The molecule has 1 aromatic heterocycles. The second-order valence-corrected chi connectivity index (χ2v) is 5.64. The van der Waals surface area contributed by atoms with Gasteiger partial charge in [0, 0.05) is 18.9 Å². The second kappa shape index (κ2) is 5.31. The summed E-state index contributed by atoms with van der Waals surface area (Å²) in [5.74, 6) is 0.382. The number of rotatable bonds is 3. The molecule has 8 nitrogen and oxygen atoms in total. The summed E-state index contributed by atoms with van der Waals surface area (Å²) in [6.07, 6.45) is 3.16. The van der Waals surface area contributed by atoms with Crippen LogP contribution in [0.15, 0.2) is 41.7 Å². The summed E-state index contributed by atoms with van der Waals surface area (Å²) < 4.78 is 24.1. The largest absolute Gasteiger partial charge is 0.338 e. The maximum Gasteiger partial charge on any atom is 0.324 e. The number of nitrogens with two attached hydrogens (primary N) is 1. The number of anilines is 2.